The Morgan fingerprint density at radius 2 is 1.78 bits per heavy atom. The number of amides is 1. The molecule has 0 aromatic heterocycles. The van der Waals surface area contributed by atoms with E-state index in [1.165, 1.54) is 6.92 Å². The molecule has 15 nitrogen and oxygen atoms in total. The summed E-state index contributed by atoms with van der Waals surface area (Å²) in [5.74, 6) is -3.56. The molecule has 0 unspecified atom stereocenters. The van der Waals surface area contributed by atoms with Crippen LogP contribution < -0.4 is 5.32 Å². The van der Waals surface area contributed by atoms with Gasteiger partial charge in [0.2, 0.25) is 0 Å². The molecule has 0 spiro atoms. The van der Waals surface area contributed by atoms with Crippen molar-refractivity contribution >= 4 is 24.0 Å². The molecule has 6 aliphatic rings. The topological polar surface area (TPSA) is 189 Å². The molecule has 3 aliphatic heterocycles. The summed E-state index contributed by atoms with van der Waals surface area (Å²) in [5.41, 5.74) is -7.08. The Morgan fingerprint density at radius 3 is 2.36 bits per heavy atom. The highest BCUT2D eigenvalue weighted by Gasteiger charge is 2.77. The molecule has 0 radical (unpaired) electrons. The molecule has 326 valence electrons. The van der Waals surface area contributed by atoms with Crippen molar-refractivity contribution in [1.82, 2.24) is 10.2 Å². The summed E-state index contributed by atoms with van der Waals surface area (Å²) in [6.07, 6.45) is -5.61. The number of alkyl carbamates (subject to hydrolysis) is 1. The molecule has 2 saturated carbocycles. The van der Waals surface area contributed by atoms with Crippen LogP contribution in [0.4, 0.5) is 9.18 Å². The van der Waals surface area contributed by atoms with Crippen molar-refractivity contribution in [2.75, 3.05) is 32.9 Å². The van der Waals surface area contributed by atoms with E-state index < -0.39 is 113 Å². The quantitative estimate of drug-likeness (QED) is 0.166. The average Bonchev–Trinajstić information content (AvgIpc) is 3.55. The van der Waals surface area contributed by atoms with Crippen LogP contribution in [0.1, 0.15) is 91.4 Å². The number of hydrogen-bond donors (Lipinski definition) is 3. The zero-order valence-electron chi connectivity index (χ0n) is 35.2. The fourth-order valence-corrected chi connectivity index (χ4v) is 10.7. The van der Waals surface area contributed by atoms with E-state index in [9.17, 15) is 33.8 Å². The minimum absolute atomic E-state index is 0.0390. The summed E-state index contributed by atoms with van der Waals surface area (Å²) >= 11 is 0. The summed E-state index contributed by atoms with van der Waals surface area (Å²) in [6.45, 7) is 13.7. The highest BCUT2D eigenvalue weighted by atomic mass is 19.1. The Kier molecular flexibility index (Phi) is 11.5. The lowest BCUT2D eigenvalue weighted by Gasteiger charge is -2.68. The van der Waals surface area contributed by atoms with Crippen LogP contribution in [-0.2, 0) is 42.7 Å². The van der Waals surface area contributed by atoms with E-state index >= 15 is 0 Å². The number of benzene rings is 1. The molecule has 3 saturated heterocycles. The molecule has 1 amide bonds. The number of hydrogen-bond acceptors (Lipinski definition) is 14. The Balaban J connectivity index is 1.38. The maximum Gasteiger partial charge on any atom is 0.407 e. The molecule has 3 aliphatic carbocycles. The zero-order valence-corrected chi connectivity index (χ0v) is 35.2. The molecule has 3 heterocycles. The molecule has 12 atom stereocenters. The van der Waals surface area contributed by atoms with Gasteiger partial charge in [-0.25, -0.2) is 18.8 Å². The first-order valence-corrected chi connectivity index (χ1v) is 20.7. The third kappa shape index (κ3) is 7.24. The number of carbonyl (C=O) groups excluding carboxylic acids is 4. The number of nitrogens with zero attached hydrogens (tertiary/aromatic N) is 1. The number of rotatable bonds is 11. The number of fused-ring (bicyclic) bond motifs is 8. The second-order valence-corrected chi connectivity index (χ2v) is 18.5. The van der Waals surface area contributed by atoms with Gasteiger partial charge >= 0.3 is 24.0 Å². The van der Waals surface area contributed by atoms with Gasteiger partial charge in [-0.3, -0.25) is 9.69 Å². The van der Waals surface area contributed by atoms with Gasteiger partial charge in [-0.15, -0.1) is 0 Å². The van der Waals surface area contributed by atoms with Crippen LogP contribution in [0.3, 0.4) is 0 Å². The molecular formula is C43H59FN2O13. The van der Waals surface area contributed by atoms with Crippen LogP contribution in [0.5, 0.6) is 0 Å². The van der Waals surface area contributed by atoms with Crippen LogP contribution in [0.15, 0.2) is 41.5 Å². The SMILES string of the molecule is CC(=O)O[C@@]12CO[C@@H]1CC[C@@]1(C)[C@@H]3O[C@H](CN4CCC4)O[C@@H]3C3=C(C)[C@@H](OC(=O)[C@](C)(O)[C@H](CF)NC(=O)OC(C)C)C[C@@](O)([C@@H](OC(=O)c4ccccc4)[C@@H]12)C3(C)C. The lowest BCUT2D eigenvalue weighted by atomic mass is 9.45. The van der Waals surface area contributed by atoms with E-state index in [1.54, 1.807) is 51.1 Å². The largest absolute Gasteiger partial charge is 0.456 e. The van der Waals surface area contributed by atoms with Gasteiger partial charge < -0.3 is 48.7 Å². The lowest BCUT2D eigenvalue weighted by Crippen LogP contribution is -2.79. The summed E-state index contributed by atoms with van der Waals surface area (Å²) < 4.78 is 58.6. The first kappa shape index (κ1) is 43.4. The smallest absolute Gasteiger partial charge is 0.407 e. The normalized spacial score (nSPS) is 37.4. The molecule has 16 heteroatoms. The summed E-state index contributed by atoms with van der Waals surface area (Å²) in [4.78, 5) is 56.2. The fraction of sp³-hybridized carbons (Fsp3) is 0.721. The summed E-state index contributed by atoms with van der Waals surface area (Å²) in [5, 5.41) is 27.5. The number of alkyl halides is 1. The van der Waals surface area contributed by atoms with Gasteiger partial charge in [0, 0.05) is 30.7 Å². The van der Waals surface area contributed by atoms with E-state index in [4.69, 9.17) is 33.2 Å². The predicted octanol–water partition coefficient (Wildman–Crippen LogP) is 3.77. The minimum atomic E-state index is -2.61. The van der Waals surface area contributed by atoms with E-state index in [-0.39, 0.29) is 18.6 Å². The van der Waals surface area contributed by atoms with Crippen molar-refractivity contribution in [3.63, 3.8) is 0 Å². The van der Waals surface area contributed by atoms with Crippen molar-refractivity contribution in [1.29, 1.82) is 0 Å². The average molecular weight is 831 g/mol. The molecule has 5 fully saturated rings. The lowest BCUT2D eigenvalue weighted by molar-refractivity contribution is -0.345. The third-order valence-electron chi connectivity index (χ3n) is 14.0. The second kappa shape index (κ2) is 15.7. The Bertz CT molecular complexity index is 1840. The molecule has 59 heavy (non-hydrogen) atoms. The van der Waals surface area contributed by atoms with Crippen LogP contribution in [0.25, 0.3) is 0 Å². The number of likely N-dealkylation sites (tertiary alicyclic amines) is 1. The van der Waals surface area contributed by atoms with Crippen molar-refractivity contribution in [2.45, 2.75) is 147 Å². The standard InChI is InChI=1S/C43H59FN2O13/c1-23(2)54-38(50)45-28(20-44)41(8,51)37(49)55-27-19-43(52)35(58-36(48)26-13-10-9-11-14-26)33-40(7,16-15-29-42(33,22-53-29)59-25(4)47)34-32(31(24(27)3)39(43,5)6)56-30(57-34)21-46-17-12-18-46/h9-11,13-14,23,27-30,32-35,51-52H,12,15-22H2,1-8H3,(H,45,50)/t27-,28-,29+,30+,32+,33-,34+,35-,40+,41+,42-,43+/m0/s1. The maximum atomic E-state index is 14.5. The molecule has 3 N–H and O–H groups in total. The Morgan fingerprint density at radius 1 is 1.08 bits per heavy atom. The van der Waals surface area contributed by atoms with Crippen molar-refractivity contribution in [3.8, 4) is 0 Å². The monoisotopic (exact) mass is 830 g/mol. The number of ether oxygens (including phenoxy) is 7. The van der Waals surface area contributed by atoms with Gasteiger partial charge in [-0.05, 0) is 83.3 Å². The minimum Gasteiger partial charge on any atom is -0.456 e. The maximum absolute atomic E-state index is 14.5. The Hall–Kier alpha value is -3.67. The number of aliphatic hydroxyl groups is 2. The Labute approximate surface area is 344 Å². The molecule has 1 aromatic carbocycles. The number of halogens is 1. The van der Waals surface area contributed by atoms with E-state index in [0.29, 0.717) is 30.5 Å². The van der Waals surface area contributed by atoms with Crippen LogP contribution >= 0.6 is 0 Å². The van der Waals surface area contributed by atoms with E-state index in [0.717, 1.165) is 26.4 Å². The van der Waals surface area contributed by atoms with Crippen molar-refractivity contribution in [2.24, 2.45) is 16.7 Å². The summed E-state index contributed by atoms with van der Waals surface area (Å²) in [7, 11) is 0. The van der Waals surface area contributed by atoms with Crippen LogP contribution in [0, 0.1) is 16.7 Å². The molecule has 1 aromatic rings. The third-order valence-corrected chi connectivity index (χ3v) is 14.0. The van der Waals surface area contributed by atoms with Gasteiger partial charge in [0.05, 0.1) is 36.3 Å². The second-order valence-electron chi connectivity index (χ2n) is 18.5. The predicted molar refractivity (Wildman–Crippen MR) is 206 cm³/mol. The van der Waals surface area contributed by atoms with Gasteiger partial charge in [0.15, 0.2) is 17.5 Å². The van der Waals surface area contributed by atoms with Crippen LogP contribution in [0.2, 0.25) is 0 Å². The van der Waals surface area contributed by atoms with Crippen molar-refractivity contribution in [3.05, 3.63) is 47.0 Å². The molecular weight excluding hydrogens is 771 g/mol. The number of nitrogens with one attached hydrogen (secondary N) is 1. The summed E-state index contributed by atoms with van der Waals surface area (Å²) in [6, 6.07) is 6.56. The molecule has 7 rings (SSSR count). The number of esters is 3. The zero-order chi connectivity index (χ0) is 42.9. The highest BCUT2D eigenvalue weighted by molar-refractivity contribution is 5.89. The fourth-order valence-electron chi connectivity index (χ4n) is 10.7. The van der Waals surface area contributed by atoms with Gasteiger partial charge in [0.25, 0.3) is 0 Å². The van der Waals surface area contributed by atoms with E-state index in [2.05, 4.69) is 10.2 Å². The highest BCUT2D eigenvalue weighted by Crippen LogP contribution is 2.66. The van der Waals surface area contributed by atoms with Gasteiger partial charge in [-0.2, -0.15) is 0 Å². The van der Waals surface area contributed by atoms with Crippen molar-refractivity contribution < 1.29 is 66.9 Å². The van der Waals surface area contributed by atoms with Gasteiger partial charge in [-0.1, -0.05) is 39.0 Å². The van der Waals surface area contributed by atoms with Crippen LogP contribution in [-0.4, -0.2) is 138 Å². The first-order chi connectivity index (χ1) is 27.7. The molecule has 2 bridgehead atoms. The number of carbonyl (C=O) groups is 4. The van der Waals surface area contributed by atoms with Gasteiger partial charge in [0.1, 0.15) is 36.7 Å². The first-order valence-electron chi connectivity index (χ1n) is 20.7. The van der Waals surface area contributed by atoms with E-state index in [1.807, 2.05) is 20.8 Å².